The van der Waals surface area contributed by atoms with Crippen LogP contribution in [0.15, 0.2) is 40.9 Å². The van der Waals surface area contributed by atoms with Gasteiger partial charge in [0.05, 0.1) is 22.8 Å². The molecule has 0 amide bonds. The normalized spacial score (nSPS) is 16.8. The number of imidazole rings is 1. The Kier molecular flexibility index (Phi) is 4.12. The average Bonchev–Trinajstić information content (AvgIpc) is 3.41. The number of halogens is 2. The Morgan fingerprint density at radius 3 is 2.72 bits per heavy atom. The quantitative estimate of drug-likeness (QED) is 0.502. The monoisotopic (exact) mass is 394 g/mol. The lowest BCUT2D eigenvalue weighted by Gasteiger charge is -2.25. The summed E-state index contributed by atoms with van der Waals surface area (Å²) in [5.74, 6) is -0.0574. The molecule has 1 fully saturated rings. The van der Waals surface area contributed by atoms with Crippen LogP contribution < -0.4 is 4.90 Å². The summed E-state index contributed by atoms with van der Waals surface area (Å²) in [6, 6.07) is 10.1. The van der Waals surface area contributed by atoms with Gasteiger partial charge in [0.2, 0.25) is 0 Å². The standard InChI is InChI=1S/C22H20F2N4O/c1-12-21(13(2)29-27-12)14-5-8-18-19(10-14)26-22(25-18)20-4-3-9-28(20)15-6-7-16(23)17(24)11-15/h5-8,10-11,20H,3-4,9H2,1-2H3,(H,25,26)/t20-/m0/s1. The van der Waals surface area contributed by atoms with Crippen LogP contribution in [0.2, 0.25) is 0 Å². The lowest BCUT2D eigenvalue weighted by Crippen LogP contribution is -2.23. The molecule has 1 aliphatic heterocycles. The van der Waals surface area contributed by atoms with Crippen LogP contribution in [0.3, 0.4) is 0 Å². The van der Waals surface area contributed by atoms with Crippen molar-refractivity contribution < 1.29 is 13.3 Å². The van der Waals surface area contributed by atoms with E-state index in [2.05, 4.69) is 15.0 Å². The molecule has 148 valence electrons. The molecule has 0 radical (unpaired) electrons. The Morgan fingerprint density at radius 1 is 1.10 bits per heavy atom. The van der Waals surface area contributed by atoms with Crippen LogP contribution >= 0.6 is 0 Å². The van der Waals surface area contributed by atoms with E-state index in [4.69, 9.17) is 9.51 Å². The molecule has 0 unspecified atom stereocenters. The number of aromatic nitrogens is 3. The Labute approximate surface area is 166 Å². The Hall–Kier alpha value is -3.22. The first-order valence-electron chi connectivity index (χ1n) is 9.66. The van der Waals surface area contributed by atoms with Crippen molar-refractivity contribution in [3.63, 3.8) is 0 Å². The highest BCUT2D eigenvalue weighted by Gasteiger charge is 2.29. The van der Waals surface area contributed by atoms with Crippen molar-refractivity contribution in [2.45, 2.75) is 32.7 Å². The number of rotatable bonds is 3. The Bertz CT molecular complexity index is 1190. The summed E-state index contributed by atoms with van der Waals surface area (Å²) in [7, 11) is 0. The minimum atomic E-state index is -0.833. The van der Waals surface area contributed by atoms with Crippen LogP contribution in [0.1, 0.15) is 36.2 Å². The fourth-order valence-electron chi connectivity index (χ4n) is 4.26. The largest absolute Gasteiger partial charge is 0.361 e. The predicted molar refractivity (Wildman–Crippen MR) is 107 cm³/mol. The van der Waals surface area contributed by atoms with E-state index in [1.165, 1.54) is 12.1 Å². The molecule has 0 aliphatic carbocycles. The van der Waals surface area contributed by atoms with Gasteiger partial charge in [-0.15, -0.1) is 0 Å². The molecule has 3 heterocycles. The summed E-state index contributed by atoms with van der Waals surface area (Å²) in [4.78, 5) is 10.3. The van der Waals surface area contributed by atoms with Crippen LogP contribution in [0, 0.1) is 25.5 Å². The van der Waals surface area contributed by atoms with Crippen LogP contribution in [0.5, 0.6) is 0 Å². The van der Waals surface area contributed by atoms with E-state index in [1.54, 1.807) is 6.07 Å². The number of hydrogen-bond donors (Lipinski definition) is 1. The van der Waals surface area contributed by atoms with Crippen LogP contribution in [0.25, 0.3) is 22.2 Å². The van der Waals surface area contributed by atoms with Gasteiger partial charge >= 0.3 is 0 Å². The first-order chi connectivity index (χ1) is 14.0. The average molecular weight is 394 g/mol. The SMILES string of the molecule is Cc1noc(C)c1-c1ccc2[nH]c([C@@H]3CCCN3c3ccc(F)c(F)c3)nc2c1. The van der Waals surface area contributed by atoms with Gasteiger partial charge in [-0.2, -0.15) is 0 Å². The number of H-pyrrole nitrogens is 1. The lowest BCUT2D eigenvalue weighted by molar-refractivity contribution is 0.393. The van der Waals surface area contributed by atoms with Crippen LogP contribution in [-0.4, -0.2) is 21.7 Å². The second-order valence-corrected chi connectivity index (χ2v) is 7.50. The summed E-state index contributed by atoms with van der Waals surface area (Å²) in [5.41, 5.74) is 5.31. The highest BCUT2D eigenvalue weighted by molar-refractivity contribution is 5.83. The van der Waals surface area contributed by atoms with Gasteiger partial charge in [0, 0.05) is 23.9 Å². The summed E-state index contributed by atoms with van der Waals surface area (Å²) in [6.45, 7) is 4.59. The van der Waals surface area contributed by atoms with E-state index in [9.17, 15) is 8.78 Å². The van der Waals surface area contributed by atoms with Gasteiger partial charge in [-0.05, 0) is 56.5 Å². The van der Waals surface area contributed by atoms with Crippen molar-refractivity contribution in [2.24, 2.45) is 0 Å². The van der Waals surface area contributed by atoms with Gasteiger partial charge < -0.3 is 14.4 Å². The summed E-state index contributed by atoms with van der Waals surface area (Å²) in [5, 5.41) is 4.03. The number of aromatic amines is 1. The molecular weight excluding hydrogens is 374 g/mol. The fourth-order valence-corrected chi connectivity index (χ4v) is 4.26. The number of nitrogens with one attached hydrogen (secondary N) is 1. The number of fused-ring (bicyclic) bond motifs is 1. The number of benzene rings is 2. The third-order valence-corrected chi connectivity index (χ3v) is 5.63. The summed E-state index contributed by atoms with van der Waals surface area (Å²) >= 11 is 0. The maximum Gasteiger partial charge on any atom is 0.160 e. The van der Waals surface area contributed by atoms with Gasteiger partial charge in [0.15, 0.2) is 11.6 Å². The zero-order chi connectivity index (χ0) is 20.1. The van der Waals surface area contributed by atoms with E-state index in [1.807, 2.05) is 32.0 Å². The molecule has 2 aromatic carbocycles. The topological polar surface area (TPSA) is 58.0 Å². The molecule has 1 aliphatic rings. The van der Waals surface area contributed by atoms with Crippen molar-refractivity contribution in [3.05, 3.63) is 65.3 Å². The van der Waals surface area contributed by atoms with Gasteiger partial charge in [-0.25, -0.2) is 13.8 Å². The summed E-state index contributed by atoms with van der Waals surface area (Å²) < 4.78 is 32.4. The Morgan fingerprint density at radius 2 is 1.97 bits per heavy atom. The molecule has 0 spiro atoms. The number of nitrogens with zero attached hydrogens (tertiary/aromatic N) is 3. The molecular formula is C22H20F2N4O. The zero-order valence-corrected chi connectivity index (χ0v) is 16.2. The molecule has 0 saturated carbocycles. The number of aryl methyl sites for hydroxylation is 2. The van der Waals surface area contributed by atoms with Crippen molar-refractivity contribution in [3.8, 4) is 11.1 Å². The van der Waals surface area contributed by atoms with Gasteiger partial charge in [-0.1, -0.05) is 11.2 Å². The first kappa shape index (κ1) is 17.8. The zero-order valence-electron chi connectivity index (χ0n) is 16.2. The van der Waals surface area contributed by atoms with E-state index in [0.29, 0.717) is 5.69 Å². The minimum Gasteiger partial charge on any atom is -0.361 e. The molecule has 29 heavy (non-hydrogen) atoms. The smallest absolute Gasteiger partial charge is 0.160 e. The third kappa shape index (κ3) is 2.97. The predicted octanol–water partition coefficient (Wildman–Crippen LogP) is 5.45. The maximum atomic E-state index is 13.7. The summed E-state index contributed by atoms with van der Waals surface area (Å²) in [6.07, 6.45) is 1.86. The molecule has 5 nitrogen and oxygen atoms in total. The molecule has 5 rings (SSSR count). The molecule has 1 saturated heterocycles. The third-order valence-electron chi connectivity index (χ3n) is 5.63. The van der Waals surface area contributed by atoms with E-state index in [-0.39, 0.29) is 6.04 Å². The van der Waals surface area contributed by atoms with Crippen molar-refractivity contribution in [2.75, 3.05) is 11.4 Å². The van der Waals surface area contributed by atoms with E-state index in [0.717, 1.165) is 58.8 Å². The number of hydrogen-bond acceptors (Lipinski definition) is 4. The molecule has 7 heteroatoms. The Balaban J connectivity index is 1.52. The molecule has 1 atom stereocenters. The second kappa shape index (κ2) is 6.69. The van der Waals surface area contributed by atoms with Gasteiger partial charge in [0.1, 0.15) is 11.6 Å². The van der Waals surface area contributed by atoms with Gasteiger partial charge in [0.25, 0.3) is 0 Å². The molecule has 4 aromatic rings. The van der Waals surface area contributed by atoms with E-state index >= 15 is 0 Å². The van der Waals surface area contributed by atoms with Crippen molar-refractivity contribution >= 4 is 16.7 Å². The van der Waals surface area contributed by atoms with E-state index < -0.39 is 11.6 Å². The second-order valence-electron chi connectivity index (χ2n) is 7.50. The first-order valence-corrected chi connectivity index (χ1v) is 9.66. The highest BCUT2D eigenvalue weighted by atomic mass is 19.2. The molecule has 2 aromatic heterocycles. The van der Waals surface area contributed by atoms with Gasteiger partial charge in [-0.3, -0.25) is 0 Å². The number of anilines is 1. The van der Waals surface area contributed by atoms with Crippen LogP contribution in [0.4, 0.5) is 14.5 Å². The maximum absolute atomic E-state index is 13.7. The van der Waals surface area contributed by atoms with Crippen LogP contribution in [-0.2, 0) is 0 Å². The van der Waals surface area contributed by atoms with Crippen molar-refractivity contribution in [1.82, 2.24) is 15.1 Å². The highest BCUT2D eigenvalue weighted by Crippen LogP contribution is 2.37. The molecule has 0 bridgehead atoms. The lowest BCUT2D eigenvalue weighted by atomic mass is 10.0. The minimum absolute atomic E-state index is 0.00484. The molecule has 1 N–H and O–H groups in total. The fraction of sp³-hybridized carbons (Fsp3) is 0.273. The van der Waals surface area contributed by atoms with Crippen molar-refractivity contribution in [1.29, 1.82) is 0 Å².